The lowest BCUT2D eigenvalue weighted by Gasteiger charge is -2.08. The molecule has 2 aromatic rings. The van der Waals surface area contributed by atoms with Crippen LogP contribution in [0.15, 0.2) is 43.0 Å². The van der Waals surface area contributed by atoms with Gasteiger partial charge in [0, 0.05) is 23.3 Å². The Hall–Kier alpha value is -4.61. The van der Waals surface area contributed by atoms with Crippen LogP contribution in [0.2, 0.25) is 0 Å². The Bertz CT molecular complexity index is 1140. The molecule has 2 rings (SSSR count). The van der Waals surface area contributed by atoms with Crippen molar-refractivity contribution < 1.29 is 38.4 Å². The summed E-state index contributed by atoms with van der Waals surface area (Å²) in [5.74, 6) is -1.55. The van der Waals surface area contributed by atoms with Gasteiger partial charge in [-0.15, -0.1) is 0 Å². The van der Waals surface area contributed by atoms with E-state index in [1.54, 1.807) is 6.92 Å². The van der Waals surface area contributed by atoms with Crippen LogP contribution in [0.1, 0.15) is 50.5 Å². The van der Waals surface area contributed by atoms with Gasteiger partial charge in [-0.1, -0.05) is 12.6 Å². The van der Waals surface area contributed by atoms with E-state index in [2.05, 4.69) is 16.1 Å². The fraction of sp³-hybridized carbons (Fsp3) is 0.227. The Morgan fingerprint density at radius 3 is 1.62 bits per heavy atom. The van der Waals surface area contributed by atoms with Crippen molar-refractivity contribution in [3.8, 4) is 0 Å². The number of Topliss-reactive ketones (excluding diaryl/α,β-unsaturated/α-hetero) is 1. The van der Waals surface area contributed by atoms with Crippen molar-refractivity contribution in [3.63, 3.8) is 0 Å². The standard InChI is InChI=1S/C12H13NO5.C10H9NO5/c1-4-18-8(2)9-5-6-10(12(14)17-3)11(7-9)13(15)16;1-6(12)7-3-4-8(10(13)16-2)9(5-7)11(14)15/h5-7H,2,4H2,1,3H3;3-5H,1-2H3. The third-order valence-corrected chi connectivity index (χ3v) is 4.25. The number of esters is 2. The van der Waals surface area contributed by atoms with Gasteiger partial charge >= 0.3 is 11.9 Å². The van der Waals surface area contributed by atoms with Gasteiger partial charge in [-0.25, -0.2) is 9.59 Å². The summed E-state index contributed by atoms with van der Waals surface area (Å²) in [6.07, 6.45) is 0. The summed E-state index contributed by atoms with van der Waals surface area (Å²) in [5.41, 5.74) is -0.400. The second-order valence-electron chi connectivity index (χ2n) is 6.37. The molecule has 2 aromatic carbocycles. The number of rotatable bonds is 8. The molecule has 0 aromatic heterocycles. The van der Waals surface area contributed by atoms with Gasteiger partial charge in [0.1, 0.15) is 16.9 Å². The molecule has 0 aliphatic carbocycles. The first-order valence-corrected chi connectivity index (χ1v) is 9.54. The fourth-order valence-corrected chi connectivity index (χ4v) is 2.58. The summed E-state index contributed by atoms with van der Waals surface area (Å²) < 4.78 is 14.0. The number of nitrogens with zero attached hydrogens (tertiary/aromatic N) is 2. The van der Waals surface area contributed by atoms with Crippen LogP contribution in [-0.4, -0.2) is 48.4 Å². The van der Waals surface area contributed by atoms with Crippen molar-refractivity contribution in [2.75, 3.05) is 20.8 Å². The minimum absolute atomic E-state index is 0.101. The van der Waals surface area contributed by atoms with Gasteiger partial charge in [-0.3, -0.25) is 25.0 Å². The van der Waals surface area contributed by atoms with E-state index in [-0.39, 0.29) is 28.2 Å². The maximum atomic E-state index is 11.4. The first-order valence-electron chi connectivity index (χ1n) is 9.54. The highest BCUT2D eigenvalue weighted by atomic mass is 16.6. The fourth-order valence-electron chi connectivity index (χ4n) is 2.58. The number of carbonyl (C=O) groups is 3. The van der Waals surface area contributed by atoms with Crippen molar-refractivity contribution in [2.45, 2.75) is 13.8 Å². The van der Waals surface area contributed by atoms with Crippen molar-refractivity contribution in [2.24, 2.45) is 0 Å². The monoisotopic (exact) mass is 474 g/mol. The van der Waals surface area contributed by atoms with Crippen molar-refractivity contribution in [3.05, 3.63) is 85.5 Å². The molecule has 0 bridgehead atoms. The highest BCUT2D eigenvalue weighted by Gasteiger charge is 2.23. The molecule has 0 saturated carbocycles. The van der Waals surface area contributed by atoms with Gasteiger partial charge in [0.15, 0.2) is 5.78 Å². The van der Waals surface area contributed by atoms with Crippen LogP contribution < -0.4 is 0 Å². The zero-order valence-corrected chi connectivity index (χ0v) is 18.9. The van der Waals surface area contributed by atoms with Gasteiger partial charge in [-0.05, 0) is 32.0 Å². The van der Waals surface area contributed by atoms with Crippen molar-refractivity contribution >= 4 is 34.9 Å². The molecule has 0 radical (unpaired) electrons. The molecule has 0 atom stereocenters. The second kappa shape index (κ2) is 12.4. The van der Waals surface area contributed by atoms with Gasteiger partial charge in [0.25, 0.3) is 11.4 Å². The van der Waals surface area contributed by atoms with Crippen LogP contribution in [0.5, 0.6) is 0 Å². The zero-order chi connectivity index (χ0) is 26.0. The zero-order valence-electron chi connectivity index (χ0n) is 18.9. The summed E-state index contributed by atoms with van der Waals surface area (Å²) in [7, 11) is 2.30. The van der Waals surface area contributed by atoms with Crippen molar-refractivity contribution in [1.82, 2.24) is 0 Å². The molecule has 0 aliphatic rings. The summed E-state index contributed by atoms with van der Waals surface area (Å²) in [6.45, 7) is 7.13. The molecule has 0 spiro atoms. The Morgan fingerprint density at radius 1 is 0.853 bits per heavy atom. The Morgan fingerprint density at radius 2 is 1.26 bits per heavy atom. The van der Waals surface area contributed by atoms with Crippen LogP contribution in [0.25, 0.3) is 5.76 Å². The number of methoxy groups -OCH3 is 2. The third-order valence-electron chi connectivity index (χ3n) is 4.25. The SMILES string of the molecule is C=C(OCC)c1ccc(C(=O)OC)c([N+](=O)[O-])c1.COC(=O)c1ccc(C(C)=O)cc1[N+](=O)[O-]. The van der Waals surface area contributed by atoms with Gasteiger partial charge in [0.05, 0.1) is 30.7 Å². The molecule has 0 aliphatic heterocycles. The second-order valence-corrected chi connectivity index (χ2v) is 6.37. The minimum atomic E-state index is -0.804. The largest absolute Gasteiger partial charge is 0.494 e. The number of benzene rings is 2. The molecule has 0 saturated heterocycles. The Labute approximate surface area is 194 Å². The van der Waals surface area contributed by atoms with Gasteiger partial charge in [-0.2, -0.15) is 0 Å². The van der Waals surface area contributed by atoms with E-state index in [4.69, 9.17) is 4.74 Å². The lowest BCUT2D eigenvalue weighted by Crippen LogP contribution is -2.07. The molecule has 12 nitrogen and oxygen atoms in total. The Kier molecular flexibility index (Phi) is 10.0. The molecule has 180 valence electrons. The first kappa shape index (κ1) is 27.4. The normalized spacial score (nSPS) is 9.65. The number of nitro groups is 2. The van der Waals surface area contributed by atoms with E-state index in [0.717, 1.165) is 13.2 Å². The van der Waals surface area contributed by atoms with E-state index >= 15 is 0 Å². The van der Waals surface area contributed by atoms with E-state index < -0.39 is 27.5 Å². The van der Waals surface area contributed by atoms with Gasteiger partial charge in [0.2, 0.25) is 0 Å². The number of ether oxygens (including phenoxy) is 3. The van der Waals surface area contributed by atoms with Crippen LogP contribution in [0.4, 0.5) is 11.4 Å². The molecule has 0 heterocycles. The summed E-state index contributed by atoms with van der Waals surface area (Å²) >= 11 is 0. The predicted octanol–water partition coefficient (Wildman–Crippen LogP) is 3.97. The van der Waals surface area contributed by atoms with Gasteiger partial charge < -0.3 is 14.2 Å². The van der Waals surface area contributed by atoms with E-state index in [1.165, 1.54) is 44.4 Å². The van der Waals surface area contributed by atoms with E-state index in [9.17, 15) is 34.6 Å². The minimum Gasteiger partial charge on any atom is -0.494 e. The number of hydrogen-bond donors (Lipinski definition) is 0. The summed E-state index contributed by atoms with van der Waals surface area (Å²) in [6, 6.07) is 7.71. The molecular weight excluding hydrogens is 452 g/mol. The predicted molar refractivity (Wildman–Crippen MR) is 120 cm³/mol. The molecule has 12 heteroatoms. The van der Waals surface area contributed by atoms with Crippen LogP contribution in [-0.2, 0) is 14.2 Å². The highest BCUT2D eigenvalue weighted by Crippen LogP contribution is 2.25. The maximum Gasteiger partial charge on any atom is 0.344 e. The lowest BCUT2D eigenvalue weighted by molar-refractivity contribution is -0.385. The van der Waals surface area contributed by atoms with E-state index in [0.29, 0.717) is 17.9 Å². The molecular formula is C22H22N2O10. The summed E-state index contributed by atoms with van der Waals surface area (Å²) in [5, 5.41) is 21.6. The molecule has 0 amide bonds. The summed E-state index contributed by atoms with van der Waals surface area (Å²) in [4.78, 5) is 53.8. The molecule has 0 unspecified atom stereocenters. The molecule has 0 N–H and O–H groups in total. The average Bonchev–Trinajstić information content (AvgIpc) is 2.82. The number of nitro benzene ring substituents is 2. The highest BCUT2D eigenvalue weighted by molar-refractivity contribution is 5.99. The maximum absolute atomic E-state index is 11.4. The number of hydrogen-bond acceptors (Lipinski definition) is 10. The molecule has 0 fully saturated rings. The Balaban J connectivity index is 0.000000342. The first-order chi connectivity index (χ1) is 16.0. The van der Waals surface area contributed by atoms with Crippen LogP contribution in [0.3, 0.4) is 0 Å². The van der Waals surface area contributed by atoms with E-state index in [1.807, 2.05) is 0 Å². The quantitative estimate of drug-likeness (QED) is 0.180. The molecule has 34 heavy (non-hydrogen) atoms. The average molecular weight is 474 g/mol. The lowest BCUT2D eigenvalue weighted by atomic mass is 10.1. The van der Waals surface area contributed by atoms with Crippen LogP contribution in [0, 0.1) is 20.2 Å². The van der Waals surface area contributed by atoms with Crippen molar-refractivity contribution in [1.29, 1.82) is 0 Å². The smallest absolute Gasteiger partial charge is 0.344 e. The van der Waals surface area contributed by atoms with Crippen LogP contribution >= 0.6 is 0 Å². The number of carbonyl (C=O) groups excluding carboxylic acids is 3. The third kappa shape index (κ3) is 6.95. The topological polar surface area (TPSA) is 165 Å². The number of ketones is 1.